The molecule has 1 atom stereocenters. The molecular weight excluding hydrogens is 182 g/mol. The molecule has 0 aliphatic carbocycles. The first-order valence-electron chi connectivity index (χ1n) is 4.55. The molecule has 14 heavy (non-hydrogen) atoms. The summed E-state index contributed by atoms with van der Waals surface area (Å²) >= 11 is 0. The van der Waals surface area contributed by atoms with E-state index in [0.29, 0.717) is 0 Å². The van der Waals surface area contributed by atoms with E-state index in [9.17, 15) is 4.79 Å². The maximum Gasteiger partial charge on any atom is 0.306 e. The van der Waals surface area contributed by atoms with Crippen LogP contribution in [0, 0.1) is 12.5 Å². The Morgan fingerprint density at radius 1 is 1.57 bits per heavy atom. The summed E-state index contributed by atoms with van der Waals surface area (Å²) in [5, 5.41) is 8.85. The van der Waals surface area contributed by atoms with Crippen LogP contribution in [-0.4, -0.2) is 29.8 Å². The Bertz CT molecular complexity index is 225. The fourth-order valence-electron chi connectivity index (χ4n) is 0.935. The Labute approximate surface area is 84.7 Å². The minimum Gasteiger partial charge on any atom is -0.460 e. The molecule has 0 radical (unpaired) electrons. The lowest BCUT2D eigenvalue weighted by atomic mass is 10.1. The van der Waals surface area contributed by atoms with Crippen LogP contribution >= 0.6 is 0 Å². The molecule has 0 aromatic rings. The van der Waals surface area contributed by atoms with Crippen LogP contribution in [0.4, 0.5) is 0 Å². The Hall–Kier alpha value is -1.08. The van der Waals surface area contributed by atoms with Gasteiger partial charge in [0.1, 0.15) is 5.60 Å². The normalized spacial score (nSPS) is 13.1. The second-order valence-corrected chi connectivity index (χ2v) is 4.18. The summed E-state index contributed by atoms with van der Waals surface area (Å²) in [6.07, 6.45) is 0.107. The molecule has 0 fully saturated rings. The zero-order valence-corrected chi connectivity index (χ0v) is 8.91. The number of hydrogen-bond acceptors (Lipinski definition) is 3. The molecule has 0 saturated carbocycles. The highest BCUT2D eigenvalue weighted by molar-refractivity contribution is 5.70. The van der Waals surface area contributed by atoms with Gasteiger partial charge in [-0.3, -0.25) is 4.79 Å². The lowest BCUT2D eigenvalue weighted by Gasteiger charge is -2.20. The highest BCUT2D eigenvalue weighted by atomic mass is 16.6. The van der Waals surface area contributed by atoms with Crippen molar-refractivity contribution in [1.82, 2.24) is 0 Å². The van der Waals surface area contributed by atoms with E-state index in [0.717, 1.165) is 0 Å². The summed E-state index contributed by atoms with van der Waals surface area (Å²) in [6.45, 7) is 12.0. The maximum atomic E-state index is 11.3. The molecule has 0 aliphatic heterocycles. The quantitative estimate of drug-likeness (QED) is 0.547. The van der Waals surface area contributed by atoms with Gasteiger partial charge in [0, 0.05) is 0 Å². The molecule has 0 unspecified atom stereocenters. The first-order chi connectivity index (χ1) is 6.39. The van der Waals surface area contributed by atoms with Crippen LogP contribution < -0.4 is 0 Å². The van der Waals surface area contributed by atoms with Crippen LogP contribution in [-0.2, 0) is 9.53 Å². The minimum atomic E-state index is -0.505. The third kappa shape index (κ3) is 6.44. The number of ether oxygens (including phenoxy) is 1. The van der Waals surface area contributed by atoms with Gasteiger partial charge in [0.25, 0.3) is 0 Å². The molecule has 4 heteroatoms. The summed E-state index contributed by atoms with van der Waals surface area (Å²) in [6, 6.07) is 0. The summed E-state index contributed by atoms with van der Waals surface area (Å²) in [4.78, 5) is 14.4. The molecule has 80 valence electrons. The van der Waals surface area contributed by atoms with Crippen LogP contribution in [0.5, 0.6) is 0 Å². The van der Waals surface area contributed by atoms with E-state index in [-0.39, 0.29) is 31.5 Å². The van der Waals surface area contributed by atoms with E-state index in [1.165, 1.54) is 0 Å². The number of nitrogens with zero attached hydrogens (tertiary/aromatic N) is 1. The predicted molar refractivity (Wildman–Crippen MR) is 52.5 cm³/mol. The lowest BCUT2D eigenvalue weighted by Crippen LogP contribution is -2.26. The first-order valence-corrected chi connectivity index (χ1v) is 4.55. The number of hydrogen-bond donors (Lipinski definition) is 1. The van der Waals surface area contributed by atoms with Gasteiger partial charge in [-0.25, -0.2) is 6.57 Å². The van der Waals surface area contributed by atoms with Gasteiger partial charge in [-0.2, -0.15) is 0 Å². The van der Waals surface area contributed by atoms with E-state index in [4.69, 9.17) is 16.4 Å². The van der Waals surface area contributed by atoms with Gasteiger partial charge < -0.3 is 14.7 Å². The van der Waals surface area contributed by atoms with E-state index >= 15 is 0 Å². The number of esters is 1. The van der Waals surface area contributed by atoms with Gasteiger partial charge in [-0.05, 0) is 20.8 Å². The third-order valence-corrected chi connectivity index (χ3v) is 1.48. The Balaban J connectivity index is 3.98. The third-order valence-electron chi connectivity index (χ3n) is 1.48. The van der Waals surface area contributed by atoms with Crippen molar-refractivity contribution in [3.05, 3.63) is 11.4 Å². The average Bonchev–Trinajstić information content (AvgIpc) is 2.00. The van der Waals surface area contributed by atoms with Crippen LogP contribution in [0.2, 0.25) is 0 Å². The van der Waals surface area contributed by atoms with Gasteiger partial charge in [0.05, 0.1) is 18.9 Å². The zero-order valence-electron chi connectivity index (χ0n) is 8.91. The summed E-state index contributed by atoms with van der Waals surface area (Å²) in [5.74, 6) is -0.664. The Kier molecular flexibility index (Phi) is 5.18. The number of carbonyl (C=O) groups excluding carboxylic acids is 1. The molecule has 0 amide bonds. The molecule has 0 heterocycles. The average molecular weight is 199 g/mol. The second kappa shape index (κ2) is 5.61. The van der Waals surface area contributed by atoms with Crippen molar-refractivity contribution in [3.8, 4) is 0 Å². The minimum absolute atomic E-state index is 0.107. The smallest absolute Gasteiger partial charge is 0.306 e. The standard InChI is InChI=1S/C10H17NO3/c1-10(2,3)14-9(13)5-8(7-12)6-11-4/h8,12H,5-7H2,1-3H3/t8-/m0/s1. The predicted octanol–water partition coefficient (Wildman–Crippen LogP) is 1.25. The van der Waals surface area contributed by atoms with Crippen LogP contribution in [0.1, 0.15) is 27.2 Å². The highest BCUT2D eigenvalue weighted by Gasteiger charge is 2.21. The van der Waals surface area contributed by atoms with Crippen molar-refractivity contribution in [3.63, 3.8) is 0 Å². The summed E-state index contributed by atoms with van der Waals surface area (Å²) in [5.41, 5.74) is -0.505. The van der Waals surface area contributed by atoms with Crippen LogP contribution in [0.15, 0.2) is 0 Å². The number of rotatable bonds is 4. The van der Waals surface area contributed by atoms with Gasteiger partial charge in [0.2, 0.25) is 6.54 Å². The monoisotopic (exact) mass is 199 g/mol. The molecule has 0 aromatic carbocycles. The topological polar surface area (TPSA) is 50.9 Å². The van der Waals surface area contributed by atoms with E-state index in [2.05, 4.69) is 4.85 Å². The van der Waals surface area contributed by atoms with Crippen molar-refractivity contribution in [2.45, 2.75) is 32.8 Å². The molecule has 0 aliphatic rings. The molecule has 0 spiro atoms. The second-order valence-electron chi connectivity index (χ2n) is 4.18. The highest BCUT2D eigenvalue weighted by Crippen LogP contribution is 2.11. The summed E-state index contributed by atoms with van der Waals surface area (Å²) in [7, 11) is 0. The van der Waals surface area contributed by atoms with Crippen molar-refractivity contribution in [2.24, 2.45) is 5.92 Å². The van der Waals surface area contributed by atoms with E-state index in [1.807, 2.05) is 0 Å². The Morgan fingerprint density at radius 3 is 2.50 bits per heavy atom. The Morgan fingerprint density at radius 2 is 2.14 bits per heavy atom. The SMILES string of the molecule is [C-]#[N+]C[C@@H](CO)CC(=O)OC(C)(C)C. The molecule has 4 nitrogen and oxygen atoms in total. The van der Waals surface area contributed by atoms with Crippen LogP contribution in [0.3, 0.4) is 0 Å². The van der Waals surface area contributed by atoms with Gasteiger partial charge in [-0.15, -0.1) is 0 Å². The number of aliphatic hydroxyl groups is 1. The van der Waals surface area contributed by atoms with Gasteiger partial charge >= 0.3 is 5.97 Å². The van der Waals surface area contributed by atoms with Gasteiger partial charge in [-0.1, -0.05) is 0 Å². The van der Waals surface area contributed by atoms with Crippen molar-refractivity contribution >= 4 is 5.97 Å². The summed E-state index contributed by atoms with van der Waals surface area (Å²) < 4.78 is 5.06. The lowest BCUT2D eigenvalue weighted by molar-refractivity contribution is -0.156. The molecule has 0 aromatic heterocycles. The molecule has 0 bridgehead atoms. The van der Waals surface area contributed by atoms with E-state index in [1.54, 1.807) is 20.8 Å². The fraction of sp³-hybridized carbons (Fsp3) is 0.800. The van der Waals surface area contributed by atoms with Crippen molar-refractivity contribution < 1.29 is 14.6 Å². The number of carbonyl (C=O) groups is 1. The van der Waals surface area contributed by atoms with Crippen molar-refractivity contribution in [2.75, 3.05) is 13.2 Å². The largest absolute Gasteiger partial charge is 0.460 e. The molecule has 0 saturated heterocycles. The first kappa shape index (κ1) is 12.9. The zero-order chi connectivity index (χ0) is 11.2. The van der Waals surface area contributed by atoms with Gasteiger partial charge in [0.15, 0.2) is 0 Å². The molecule has 0 rings (SSSR count). The fourth-order valence-corrected chi connectivity index (χ4v) is 0.935. The van der Waals surface area contributed by atoms with Crippen LogP contribution in [0.25, 0.3) is 4.85 Å². The molecule has 1 N–H and O–H groups in total. The number of aliphatic hydroxyl groups excluding tert-OH is 1. The van der Waals surface area contributed by atoms with Crippen molar-refractivity contribution in [1.29, 1.82) is 0 Å². The van der Waals surface area contributed by atoms with E-state index < -0.39 is 5.60 Å². The maximum absolute atomic E-state index is 11.3. The molecular formula is C10H17NO3.